The molecular formula is C12H19ClN2O. The molecule has 90 valence electrons. The molecule has 2 N–H and O–H groups in total. The molecule has 0 bridgehead atoms. The SMILES string of the molecule is CNCCCC(=O)Nc1ccccc1C.Cl. The highest BCUT2D eigenvalue weighted by molar-refractivity contribution is 5.91. The van der Waals surface area contributed by atoms with Crippen LogP contribution < -0.4 is 10.6 Å². The summed E-state index contributed by atoms with van der Waals surface area (Å²) in [4.78, 5) is 11.5. The molecule has 0 saturated heterocycles. The molecule has 0 aliphatic heterocycles. The number of aryl methyl sites for hydroxylation is 1. The largest absolute Gasteiger partial charge is 0.326 e. The van der Waals surface area contributed by atoms with E-state index in [9.17, 15) is 4.79 Å². The number of para-hydroxylation sites is 1. The van der Waals surface area contributed by atoms with Crippen LogP contribution in [0.1, 0.15) is 18.4 Å². The fourth-order valence-electron chi connectivity index (χ4n) is 1.35. The van der Waals surface area contributed by atoms with Gasteiger partial charge in [0, 0.05) is 12.1 Å². The molecule has 0 spiro atoms. The van der Waals surface area contributed by atoms with Crippen molar-refractivity contribution in [2.45, 2.75) is 19.8 Å². The Bertz CT molecular complexity index is 329. The van der Waals surface area contributed by atoms with Crippen molar-refractivity contribution in [1.82, 2.24) is 5.32 Å². The molecule has 0 saturated carbocycles. The summed E-state index contributed by atoms with van der Waals surface area (Å²) in [6, 6.07) is 7.80. The number of benzene rings is 1. The molecule has 1 rings (SSSR count). The summed E-state index contributed by atoms with van der Waals surface area (Å²) in [7, 11) is 1.89. The fourth-order valence-corrected chi connectivity index (χ4v) is 1.35. The van der Waals surface area contributed by atoms with Gasteiger partial charge < -0.3 is 10.6 Å². The van der Waals surface area contributed by atoms with Crippen molar-refractivity contribution >= 4 is 24.0 Å². The molecule has 1 aromatic rings. The molecule has 0 heterocycles. The Morgan fingerprint density at radius 1 is 1.31 bits per heavy atom. The van der Waals surface area contributed by atoms with Crippen LogP contribution in [0.25, 0.3) is 0 Å². The first-order chi connectivity index (χ1) is 7.24. The van der Waals surface area contributed by atoms with Gasteiger partial charge in [0.05, 0.1) is 0 Å². The highest BCUT2D eigenvalue weighted by Crippen LogP contribution is 2.13. The van der Waals surface area contributed by atoms with Crippen LogP contribution in [0, 0.1) is 6.92 Å². The lowest BCUT2D eigenvalue weighted by Gasteiger charge is -2.07. The second-order valence-corrected chi connectivity index (χ2v) is 3.57. The van der Waals surface area contributed by atoms with E-state index in [2.05, 4.69) is 10.6 Å². The van der Waals surface area contributed by atoms with Crippen LogP contribution in [-0.2, 0) is 4.79 Å². The molecule has 3 nitrogen and oxygen atoms in total. The lowest BCUT2D eigenvalue weighted by atomic mass is 10.2. The van der Waals surface area contributed by atoms with E-state index in [0.29, 0.717) is 6.42 Å². The van der Waals surface area contributed by atoms with E-state index in [1.54, 1.807) is 0 Å². The average Bonchev–Trinajstić information content (AvgIpc) is 2.22. The van der Waals surface area contributed by atoms with Gasteiger partial charge in [-0.05, 0) is 38.6 Å². The third-order valence-electron chi connectivity index (χ3n) is 2.25. The first kappa shape index (κ1) is 14.9. The molecule has 0 fully saturated rings. The van der Waals surface area contributed by atoms with Crippen molar-refractivity contribution in [3.63, 3.8) is 0 Å². The maximum atomic E-state index is 11.5. The van der Waals surface area contributed by atoms with Crippen molar-refractivity contribution in [3.05, 3.63) is 29.8 Å². The quantitative estimate of drug-likeness (QED) is 0.779. The summed E-state index contributed by atoms with van der Waals surface area (Å²) < 4.78 is 0. The average molecular weight is 243 g/mol. The van der Waals surface area contributed by atoms with Crippen molar-refractivity contribution in [2.75, 3.05) is 18.9 Å². The molecule has 16 heavy (non-hydrogen) atoms. The summed E-state index contributed by atoms with van der Waals surface area (Å²) in [5, 5.41) is 5.92. The summed E-state index contributed by atoms with van der Waals surface area (Å²) in [6.45, 7) is 2.87. The number of nitrogens with one attached hydrogen (secondary N) is 2. The van der Waals surface area contributed by atoms with E-state index in [4.69, 9.17) is 0 Å². The van der Waals surface area contributed by atoms with Gasteiger partial charge in [-0.15, -0.1) is 12.4 Å². The van der Waals surface area contributed by atoms with E-state index in [0.717, 1.165) is 24.2 Å². The minimum atomic E-state index is 0. The highest BCUT2D eigenvalue weighted by atomic mass is 35.5. The number of carbonyl (C=O) groups excluding carboxylic acids is 1. The third-order valence-corrected chi connectivity index (χ3v) is 2.25. The molecular weight excluding hydrogens is 224 g/mol. The Morgan fingerprint density at radius 2 is 2.00 bits per heavy atom. The van der Waals surface area contributed by atoms with Gasteiger partial charge in [-0.2, -0.15) is 0 Å². The summed E-state index contributed by atoms with van der Waals surface area (Å²) in [6.07, 6.45) is 1.43. The Morgan fingerprint density at radius 3 is 2.62 bits per heavy atom. The second kappa shape index (κ2) is 8.13. The number of hydrogen-bond acceptors (Lipinski definition) is 2. The monoisotopic (exact) mass is 242 g/mol. The van der Waals surface area contributed by atoms with Gasteiger partial charge in [0.25, 0.3) is 0 Å². The number of carbonyl (C=O) groups is 1. The Balaban J connectivity index is 0.00000225. The lowest BCUT2D eigenvalue weighted by Crippen LogP contribution is -2.15. The van der Waals surface area contributed by atoms with Crippen LogP contribution >= 0.6 is 12.4 Å². The van der Waals surface area contributed by atoms with Gasteiger partial charge in [-0.25, -0.2) is 0 Å². The molecule has 0 aromatic heterocycles. The third kappa shape index (κ3) is 5.14. The van der Waals surface area contributed by atoms with E-state index in [-0.39, 0.29) is 18.3 Å². The van der Waals surface area contributed by atoms with E-state index in [1.165, 1.54) is 0 Å². The van der Waals surface area contributed by atoms with Crippen LogP contribution in [0.2, 0.25) is 0 Å². The normalized spacial score (nSPS) is 9.38. The fraction of sp³-hybridized carbons (Fsp3) is 0.417. The summed E-state index contributed by atoms with van der Waals surface area (Å²) in [5.74, 6) is 0.0829. The summed E-state index contributed by atoms with van der Waals surface area (Å²) in [5.41, 5.74) is 2.01. The Hall–Kier alpha value is -1.06. The Labute approximate surface area is 103 Å². The number of hydrogen-bond donors (Lipinski definition) is 2. The van der Waals surface area contributed by atoms with Gasteiger partial charge in [0.1, 0.15) is 0 Å². The molecule has 0 aliphatic carbocycles. The maximum Gasteiger partial charge on any atom is 0.224 e. The maximum absolute atomic E-state index is 11.5. The minimum Gasteiger partial charge on any atom is -0.326 e. The smallest absolute Gasteiger partial charge is 0.224 e. The lowest BCUT2D eigenvalue weighted by molar-refractivity contribution is -0.116. The van der Waals surface area contributed by atoms with Crippen LogP contribution in [0.5, 0.6) is 0 Å². The zero-order chi connectivity index (χ0) is 11.1. The topological polar surface area (TPSA) is 41.1 Å². The predicted octanol–water partition coefficient (Wildman–Crippen LogP) is 2.35. The van der Waals surface area contributed by atoms with E-state index < -0.39 is 0 Å². The van der Waals surface area contributed by atoms with Crippen LogP contribution in [0.15, 0.2) is 24.3 Å². The predicted molar refractivity (Wildman–Crippen MR) is 70.2 cm³/mol. The number of anilines is 1. The van der Waals surface area contributed by atoms with Gasteiger partial charge in [0.15, 0.2) is 0 Å². The van der Waals surface area contributed by atoms with Crippen LogP contribution in [0.3, 0.4) is 0 Å². The van der Waals surface area contributed by atoms with Crippen LogP contribution in [-0.4, -0.2) is 19.5 Å². The molecule has 1 aromatic carbocycles. The number of amides is 1. The summed E-state index contributed by atoms with van der Waals surface area (Å²) >= 11 is 0. The zero-order valence-corrected chi connectivity index (χ0v) is 10.6. The van der Waals surface area contributed by atoms with Gasteiger partial charge in [-0.3, -0.25) is 4.79 Å². The second-order valence-electron chi connectivity index (χ2n) is 3.57. The van der Waals surface area contributed by atoms with Gasteiger partial charge in [0.2, 0.25) is 5.91 Å². The molecule has 0 atom stereocenters. The van der Waals surface area contributed by atoms with Crippen molar-refractivity contribution in [1.29, 1.82) is 0 Å². The van der Waals surface area contributed by atoms with Crippen molar-refractivity contribution < 1.29 is 4.79 Å². The van der Waals surface area contributed by atoms with Crippen molar-refractivity contribution in [2.24, 2.45) is 0 Å². The van der Waals surface area contributed by atoms with E-state index in [1.807, 2.05) is 38.2 Å². The molecule has 0 radical (unpaired) electrons. The minimum absolute atomic E-state index is 0. The van der Waals surface area contributed by atoms with Gasteiger partial charge in [-0.1, -0.05) is 18.2 Å². The molecule has 4 heteroatoms. The van der Waals surface area contributed by atoms with E-state index >= 15 is 0 Å². The standard InChI is InChI=1S/C12H18N2O.ClH/c1-10-6-3-4-7-11(10)14-12(15)8-5-9-13-2;/h3-4,6-7,13H,5,8-9H2,1-2H3,(H,14,15);1H. The first-order valence-corrected chi connectivity index (χ1v) is 5.24. The first-order valence-electron chi connectivity index (χ1n) is 5.24. The highest BCUT2D eigenvalue weighted by Gasteiger charge is 2.02. The zero-order valence-electron chi connectivity index (χ0n) is 9.75. The van der Waals surface area contributed by atoms with Gasteiger partial charge >= 0.3 is 0 Å². The molecule has 0 aliphatic rings. The Kier molecular flexibility index (Phi) is 7.60. The number of halogens is 1. The van der Waals surface area contributed by atoms with Crippen LogP contribution in [0.4, 0.5) is 5.69 Å². The molecule has 1 amide bonds. The molecule has 0 unspecified atom stereocenters. The number of rotatable bonds is 5. The van der Waals surface area contributed by atoms with Crippen molar-refractivity contribution in [3.8, 4) is 0 Å².